The van der Waals surface area contributed by atoms with Crippen molar-refractivity contribution in [3.63, 3.8) is 0 Å². The third kappa shape index (κ3) is 2.98. The predicted molar refractivity (Wildman–Crippen MR) is 93.2 cm³/mol. The lowest BCUT2D eigenvalue weighted by Gasteiger charge is -2.28. The van der Waals surface area contributed by atoms with Gasteiger partial charge < -0.3 is 15.5 Å². The molecule has 1 unspecified atom stereocenters. The van der Waals surface area contributed by atoms with E-state index in [1.54, 1.807) is 0 Å². The zero-order valence-electron chi connectivity index (χ0n) is 14.5. The van der Waals surface area contributed by atoms with Crippen LogP contribution in [-0.2, 0) is 10.2 Å². The highest BCUT2D eigenvalue weighted by Crippen LogP contribution is 2.43. The Bertz CT molecular complexity index is 553. The van der Waals surface area contributed by atoms with Gasteiger partial charge >= 0.3 is 0 Å². The van der Waals surface area contributed by atoms with E-state index in [4.69, 9.17) is 5.73 Å². The van der Waals surface area contributed by atoms with E-state index < -0.39 is 5.41 Å². The maximum Gasteiger partial charge on any atom is 0.237 e. The highest BCUT2D eigenvalue weighted by atomic mass is 16.2. The number of amides is 1. The number of fused-ring (bicyclic) bond motifs is 1. The summed E-state index contributed by atoms with van der Waals surface area (Å²) in [4.78, 5) is 17.2. The van der Waals surface area contributed by atoms with Crippen LogP contribution in [0.15, 0.2) is 18.2 Å². The number of nitrogen functional groups attached to an aromatic ring is 1. The zero-order valence-corrected chi connectivity index (χ0v) is 14.5. The standard InChI is InChI=1S/C18H29N3O/c1-6-10-20(5)11-9-13(2)21-16-8-7-14(19)12-15(16)18(3,4)17(21)22/h7-8,12-13H,6,9-11,19H2,1-5H3. The molecule has 0 aliphatic carbocycles. The van der Waals surface area contributed by atoms with Crippen LogP contribution in [0.1, 0.15) is 46.1 Å². The molecule has 122 valence electrons. The van der Waals surface area contributed by atoms with Gasteiger partial charge in [0, 0.05) is 17.4 Å². The molecule has 4 nitrogen and oxygen atoms in total. The number of carbonyl (C=O) groups excluding carboxylic acids is 1. The van der Waals surface area contributed by atoms with E-state index in [0.29, 0.717) is 0 Å². The lowest BCUT2D eigenvalue weighted by Crippen LogP contribution is -2.42. The van der Waals surface area contributed by atoms with Gasteiger partial charge in [0.1, 0.15) is 0 Å². The van der Waals surface area contributed by atoms with Gasteiger partial charge in [-0.15, -0.1) is 0 Å². The van der Waals surface area contributed by atoms with Crippen molar-refractivity contribution >= 4 is 17.3 Å². The average molecular weight is 303 g/mol. The summed E-state index contributed by atoms with van der Waals surface area (Å²) < 4.78 is 0. The van der Waals surface area contributed by atoms with E-state index in [1.807, 2.05) is 36.9 Å². The molecule has 0 radical (unpaired) electrons. The van der Waals surface area contributed by atoms with Crippen LogP contribution in [0.2, 0.25) is 0 Å². The summed E-state index contributed by atoms with van der Waals surface area (Å²) in [6, 6.07) is 6.01. The number of rotatable bonds is 6. The largest absolute Gasteiger partial charge is 0.399 e. The summed E-state index contributed by atoms with van der Waals surface area (Å²) >= 11 is 0. The molecule has 0 aromatic heterocycles. The molecule has 2 N–H and O–H groups in total. The summed E-state index contributed by atoms with van der Waals surface area (Å²) in [6.45, 7) is 10.4. The Hall–Kier alpha value is -1.55. The van der Waals surface area contributed by atoms with Gasteiger partial charge in [0.2, 0.25) is 5.91 Å². The van der Waals surface area contributed by atoms with Gasteiger partial charge in [-0.05, 0) is 77.5 Å². The molecule has 22 heavy (non-hydrogen) atoms. The molecule has 0 fully saturated rings. The monoisotopic (exact) mass is 303 g/mol. The van der Waals surface area contributed by atoms with Crippen LogP contribution in [0.4, 0.5) is 11.4 Å². The molecule has 1 atom stereocenters. The highest BCUT2D eigenvalue weighted by Gasteiger charge is 2.45. The number of hydrogen-bond donors (Lipinski definition) is 1. The van der Waals surface area contributed by atoms with Gasteiger partial charge in [0.05, 0.1) is 5.41 Å². The number of anilines is 2. The van der Waals surface area contributed by atoms with E-state index in [9.17, 15) is 4.79 Å². The van der Waals surface area contributed by atoms with Crippen molar-refractivity contribution in [2.45, 2.75) is 52.0 Å². The van der Waals surface area contributed by atoms with Crippen molar-refractivity contribution < 1.29 is 4.79 Å². The lowest BCUT2D eigenvalue weighted by molar-refractivity contribution is -0.122. The molecular weight excluding hydrogens is 274 g/mol. The van der Waals surface area contributed by atoms with Gasteiger partial charge in [-0.25, -0.2) is 0 Å². The number of nitrogens with zero attached hydrogens (tertiary/aromatic N) is 2. The first-order chi connectivity index (χ1) is 10.3. The Kier molecular flexibility index (Phi) is 4.81. The van der Waals surface area contributed by atoms with Gasteiger partial charge in [0.15, 0.2) is 0 Å². The highest BCUT2D eigenvalue weighted by molar-refractivity contribution is 6.08. The molecule has 1 aromatic rings. The Morgan fingerprint density at radius 2 is 2.00 bits per heavy atom. The number of hydrogen-bond acceptors (Lipinski definition) is 3. The average Bonchev–Trinajstić information content (AvgIpc) is 2.65. The Morgan fingerprint density at radius 3 is 2.64 bits per heavy atom. The Morgan fingerprint density at radius 1 is 1.32 bits per heavy atom. The maximum atomic E-state index is 12.9. The topological polar surface area (TPSA) is 49.6 Å². The van der Waals surface area contributed by atoms with E-state index in [1.165, 1.54) is 0 Å². The van der Waals surface area contributed by atoms with Crippen molar-refractivity contribution in [1.29, 1.82) is 0 Å². The first kappa shape index (κ1) is 16.8. The molecule has 0 bridgehead atoms. The minimum absolute atomic E-state index is 0.179. The van der Waals surface area contributed by atoms with Crippen LogP contribution in [-0.4, -0.2) is 37.0 Å². The molecule has 1 aliphatic heterocycles. The summed E-state index contributed by atoms with van der Waals surface area (Å²) in [6.07, 6.45) is 2.13. The van der Waals surface area contributed by atoms with Crippen molar-refractivity contribution in [3.05, 3.63) is 23.8 Å². The quantitative estimate of drug-likeness (QED) is 0.822. The summed E-state index contributed by atoms with van der Waals surface area (Å²) in [5.74, 6) is 0.179. The van der Waals surface area contributed by atoms with Gasteiger partial charge in [-0.2, -0.15) is 0 Å². The van der Waals surface area contributed by atoms with Crippen LogP contribution < -0.4 is 10.6 Å². The Labute approximate surface area is 134 Å². The number of nitrogens with two attached hydrogens (primary N) is 1. The van der Waals surface area contributed by atoms with Crippen molar-refractivity contribution in [3.8, 4) is 0 Å². The minimum atomic E-state index is -0.492. The molecule has 1 aliphatic rings. The second-order valence-corrected chi connectivity index (χ2v) is 7.02. The maximum absolute atomic E-state index is 12.9. The second-order valence-electron chi connectivity index (χ2n) is 7.02. The molecule has 0 saturated heterocycles. The fourth-order valence-corrected chi connectivity index (χ4v) is 3.26. The first-order valence-electron chi connectivity index (χ1n) is 8.21. The molecule has 4 heteroatoms. The summed E-state index contributed by atoms with van der Waals surface area (Å²) in [7, 11) is 2.14. The molecule has 0 saturated carbocycles. The van der Waals surface area contributed by atoms with Crippen LogP contribution in [0.3, 0.4) is 0 Å². The van der Waals surface area contributed by atoms with Crippen LogP contribution in [0, 0.1) is 0 Å². The normalized spacial score (nSPS) is 17.9. The minimum Gasteiger partial charge on any atom is -0.399 e. The number of carbonyl (C=O) groups is 1. The van der Waals surface area contributed by atoms with E-state index in [-0.39, 0.29) is 11.9 Å². The third-order valence-electron chi connectivity index (χ3n) is 4.68. The Balaban J connectivity index is 2.20. The van der Waals surface area contributed by atoms with Crippen molar-refractivity contribution in [2.75, 3.05) is 30.8 Å². The molecule has 1 amide bonds. The number of benzene rings is 1. The van der Waals surface area contributed by atoms with Crippen molar-refractivity contribution in [1.82, 2.24) is 4.90 Å². The van der Waals surface area contributed by atoms with Crippen LogP contribution in [0.25, 0.3) is 0 Å². The van der Waals surface area contributed by atoms with Gasteiger partial charge in [-0.1, -0.05) is 6.92 Å². The third-order valence-corrected chi connectivity index (χ3v) is 4.68. The lowest BCUT2D eigenvalue weighted by atomic mass is 9.86. The molecular formula is C18H29N3O. The predicted octanol–water partition coefficient (Wildman–Crippen LogP) is 3.01. The first-order valence-corrected chi connectivity index (χ1v) is 8.21. The summed E-state index contributed by atoms with van der Waals surface area (Å²) in [5.41, 5.74) is 8.21. The van der Waals surface area contributed by atoms with Crippen LogP contribution >= 0.6 is 0 Å². The van der Waals surface area contributed by atoms with E-state index in [2.05, 4.69) is 25.8 Å². The molecule has 1 heterocycles. The SMILES string of the molecule is CCCN(C)CCC(C)N1C(=O)C(C)(C)c2cc(N)ccc21. The van der Waals surface area contributed by atoms with Gasteiger partial charge in [0.25, 0.3) is 0 Å². The fourth-order valence-electron chi connectivity index (χ4n) is 3.26. The van der Waals surface area contributed by atoms with Crippen LogP contribution in [0.5, 0.6) is 0 Å². The molecule has 0 spiro atoms. The zero-order chi connectivity index (χ0) is 16.5. The van der Waals surface area contributed by atoms with E-state index in [0.717, 1.165) is 42.9 Å². The smallest absolute Gasteiger partial charge is 0.237 e. The van der Waals surface area contributed by atoms with Gasteiger partial charge in [-0.3, -0.25) is 4.79 Å². The molecule has 1 aromatic carbocycles. The fraction of sp³-hybridized carbons (Fsp3) is 0.611. The van der Waals surface area contributed by atoms with E-state index >= 15 is 0 Å². The second kappa shape index (κ2) is 6.29. The van der Waals surface area contributed by atoms with Crippen molar-refractivity contribution in [2.24, 2.45) is 0 Å². The summed E-state index contributed by atoms with van der Waals surface area (Å²) in [5, 5.41) is 0. The molecule has 2 rings (SSSR count).